The van der Waals surface area contributed by atoms with Gasteiger partial charge in [0.1, 0.15) is 5.78 Å². The average Bonchev–Trinajstić information content (AvgIpc) is 3.16. The summed E-state index contributed by atoms with van der Waals surface area (Å²) in [6.07, 6.45) is 0.473. The summed E-state index contributed by atoms with van der Waals surface area (Å²) in [4.78, 5) is 43.6. The zero-order chi connectivity index (χ0) is 33.9. The summed E-state index contributed by atoms with van der Waals surface area (Å²) in [5.41, 5.74) is 9.39. The van der Waals surface area contributed by atoms with Crippen LogP contribution in [0, 0.1) is 45.3 Å². The molecule has 0 spiro atoms. The SMILES string of the molecule is CNCCC1(C)C(=O)CCC2(C)C3=C(C(O)CC12)C1(C)C(O)CC(C(C)C(CN=C(N)N)C(O)C=C(C)C(=O)O)C1(C)CC3=O. The molecule has 0 saturated heterocycles. The van der Waals surface area contributed by atoms with Gasteiger partial charge in [-0.15, -0.1) is 0 Å². The molecule has 4 aliphatic carbocycles. The van der Waals surface area contributed by atoms with Gasteiger partial charge in [-0.2, -0.15) is 0 Å². The van der Waals surface area contributed by atoms with Gasteiger partial charge in [-0.05, 0) is 81.0 Å². The number of allylic oxidation sites excluding steroid dienone is 1. The lowest BCUT2D eigenvalue weighted by Crippen LogP contribution is -2.61. The van der Waals surface area contributed by atoms with Crippen molar-refractivity contribution >= 4 is 23.5 Å². The van der Waals surface area contributed by atoms with E-state index in [0.717, 1.165) is 0 Å². The van der Waals surface area contributed by atoms with Crippen LogP contribution in [0.3, 0.4) is 0 Å². The van der Waals surface area contributed by atoms with Crippen molar-refractivity contribution in [2.24, 2.45) is 61.8 Å². The van der Waals surface area contributed by atoms with E-state index in [1.165, 1.54) is 13.0 Å². The molecular formula is C34H54N4O7. The van der Waals surface area contributed by atoms with Gasteiger partial charge < -0.3 is 37.2 Å². The third kappa shape index (κ3) is 5.37. The van der Waals surface area contributed by atoms with Gasteiger partial charge in [0.2, 0.25) is 0 Å². The number of nitrogens with one attached hydrogen (secondary N) is 1. The van der Waals surface area contributed by atoms with Crippen LogP contribution in [0.25, 0.3) is 0 Å². The number of aliphatic hydroxyl groups excluding tert-OH is 3. The number of Topliss-reactive ketones (excluding diaryl/α,β-unsaturated/α-hetero) is 2. The number of hydrogen-bond donors (Lipinski definition) is 7. The number of carboxylic acids is 1. The third-order valence-electron chi connectivity index (χ3n) is 13.1. The fraction of sp³-hybridized carbons (Fsp3) is 0.765. The minimum atomic E-state index is -1.20. The molecular weight excluding hydrogens is 576 g/mol. The van der Waals surface area contributed by atoms with E-state index in [1.807, 2.05) is 34.7 Å². The van der Waals surface area contributed by atoms with Crippen LogP contribution in [0.1, 0.15) is 80.1 Å². The van der Waals surface area contributed by atoms with Crippen LogP contribution in [0.5, 0.6) is 0 Å². The minimum absolute atomic E-state index is 0.0182. The highest BCUT2D eigenvalue weighted by molar-refractivity contribution is 6.01. The summed E-state index contributed by atoms with van der Waals surface area (Å²) in [6, 6.07) is 0. The summed E-state index contributed by atoms with van der Waals surface area (Å²) >= 11 is 0. The first-order valence-corrected chi connectivity index (χ1v) is 16.3. The Morgan fingerprint density at radius 2 is 1.80 bits per heavy atom. The first-order chi connectivity index (χ1) is 20.8. The van der Waals surface area contributed by atoms with Crippen LogP contribution in [0.4, 0.5) is 0 Å². The summed E-state index contributed by atoms with van der Waals surface area (Å²) in [5, 5.41) is 47.8. The summed E-state index contributed by atoms with van der Waals surface area (Å²) in [6.45, 7) is 12.0. The number of carboxylic acid groups (broad SMARTS) is 1. The lowest BCUT2D eigenvalue weighted by atomic mass is 9.42. The second kappa shape index (κ2) is 12.2. The zero-order valence-corrected chi connectivity index (χ0v) is 27.9. The van der Waals surface area contributed by atoms with E-state index in [0.29, 0.717) is 49.8 Å². The van der Waals surface area contributed by atoms with Crippen LogP contribution in [-0.4, -0.2) is 82.4 Å². The highest BCUT2D eigenvalue weighted by Crippen LogP contribution is 2.72. The molecule has 9 N–H and O–H groups in total. The number of guanidine groups is 1. The standard InChI is InChI=1S/C34H54N4O7/c1-17(29(44)45)12-21(39)19(16-38-30(35)36)18(2)20-13-26(43)34(6)28-22(40)14-24-31(3,10-11-37-7)25(42)8-9-32(24,4)27(28)23(41)15-33(20,34)5/h12,18-22,24,26,37,39-40,43H,8-11,13-16H2,1-7H3,(H,44,45)(H4,35,36,38). The number of nitrogens with two attached hydrogens (primary N) is 2. The summed E-state index contributed by atoms with van der Waals surface area (Å²) in [5.74, 6) is -2.68. The molecule has 4 rings (SSSR count). The van der Waals surface area contributed by atoms with Crippen LogP contribution in [0.15, 0.2) is 27.8 Å². The number of nitrogens with zero attached hydrogens (tertiary/aromatic N) is 1. The Morgan fingerprint density at radius 3 is 2.38 bits per heavy atom. The number of carbonyl (C=O) groups excluding carboxylic acids is 2. The molecule has 0 bridgehead atoms. The van der Waals surface area contributed by atoms with Gasteiger partial charge >= 0.3 is 5.97 Å². The largest absolute Gasteiger partial charge is 0.478 e. The van der Waals surface area contributed by atoms with Crippen molar-refractivity contribution in [3.8, 4) is 0 Å². The maximum Gasteiger partial charge on any atom is 0.331 e. The van der Waals surface area contributed by atoms with E-state index in [2.05, 4.69) is 17.2 Å². The van der Waals surface area contributed by atoms with Gasteiger partial charge in [0.15, 0.2) is 11.7 Å². The maximum absolute atomic E-state index is 14.5. The molecule has 11 nitrogen and oxygen atoms in total. The predicted octanol–water partition coefficient (Wildman–Crippen LogP) is 1.93. The molecule has 11 heteroatoms. The van der Waals surface area contributed by atoms with Crippen molar-refractivity contribution in [1.29, 1.82) is 0 Å². The summed E-state index contributed by atoms with van der Waals surface area (Å²) in [7, 11) is 1.85. The van der Waals surface area contributed by atoms with Gasteiger partial charge in [0, 0.05) is 52.7 Å². The highest BCUT2D eigenvalue weighted by Gasteiger charge is 2.70. The molecule has 2 fully saturated rings. The number of aliphatic carboxylic acids is 1. The smallest absolute Gasteiger partial charge is 0.331 e. The number of aliphatic hydroxyl groups is 3. The minimum Gasteiger partial charge on any atom is -0.478 e. The van der Waals surface area contributed by atoms with Crippen molar-refractivity contribution < 1.29 is 34.8 Å². The molecule has 11 atom stereocenters. The lowest BCUT2D eigenvalue weighted by Gasteiger charge is -2.61. The van der Waals surface area contributed by atoms with Crippen molar-refractivity contribution in [3.05, 3.63) is 22.8 Å². The second-order valence-corrected chi connectivity index (χ2v) is 15.2. The molecule has 45 heavy (non-hydrogen) atoms. The van der Waals surface area contributed by atoms with Gasteiger partial charge in [-0.25, -0.2) is 4.79 Å². The monoisotopic (exact) mass is 630 g/mol. The fourth-order valence-electron chi connectivity index (χ4n) is 10.2. The van der Waals surface area contributed by atoms with Crippen LogP contribution in [-0.2, 0) is 14.4 Å². The number of fused-ring (bicyclic) bond motifs is 4. The summed E-state index contributed by atoms with van der Waals surface area (Å²) < 4.78 is 0. The third-order valence-corrected chi connectivity index (χ3v) is 13.1. The Hall–Kier alpha value is -2.60. The molecule has 2 saturated carbocycles. The van der Waals surface area contributed by atoms with E-state index in [9.17, 15) is 34.8 Å². The van der Waals surface area contributed by atoms with Gasteiger partial charge in [-0.3, -0.25) is 14.6 Å². The van der Waals surface area contributed by atoms with E-state index in [1.54, 1.807) is 0 Å². The van der Waals surface area contributed by atoms with Gasteiger partial charge in [0.25, 0.3) is 0 Å². The number of aliphatic imine (C=N–C) groups is 1. The van der Waals surface area contributed by atoms with Gasteiger partial charge in [0.05, 0.1) is 18.3 Å². The molecule has 0 heterocycles. The van der Waals surface area contributed by atoms with Crippen LogP contribution >= 0.6 is 0 Å². The Labute approximate surface area is 266 Å². The van der Waals surface area contributed by atoms with E-state index in [4.69, 9.17) is 11.5 Å². The molecule has 0 aromatic heterocycles. The molecule has 11 unspecified atom stereocenters. The van der Waals surface area contributed by atoms with E-state index >= 15 is 0 Å². The molecule has 0 aromatic carbocycles. The zero-order valence-electron chi connectivity index (χ0n) is 27.9. The van der Waals surface area contributed by atoms with Crippen LogP contribution in [0.2, 0.25) is 0 Å². The van der Waals surface area contributed by atoms with Crippen molar-refractivity contribution in [3.63, 3.8) is 0 Å². The van der Waals surface area contributed by atoms with Gasteiger partial charge in [-0.1, -0.05) is 34.6 Å². The van der Waals surface area contributed by atoms with Crippen LogP contribution < -0.4 is 16.8 Å². The lowest BCUT2D eigenvalue weighted by molar-refractivity contribution is -0.148. The number of carbonyl (C=O) groups is 3. The van der Waals surface area contributed by atoms with E-state index in [-0.39, 0.29) is 53.8 Å². The Balaban J connectivity index is 1.82. The topological polar surface area (TPSA) is 209 Å². The molecule has 4 aliphatic rings. The fourth-order valence-corrected chi connectivity index (χ4v) is 10.2. The highest BCUT2D eigenvalue weighted by atomic mass is 16.4. The van der Waals surface area contributed by atoms with Crippen molar-refractivity contribution in [2.75, 3.05) is 20.1 Å². The normalized spacial score (nSPS) is 40.3. The second-order valence-electron chi connectivity index (χ2n) is 15.2. The molecule has 0 aromatic rings. The quantitative estimate of drug-likeness (QED) is 0.106. The molecule has 0 radical (unpaired) electrons. The predicted molar refractivity (Wildman–Crippen MR) is 171 cm³/mol. The van der Waals surface area contributed by atoms with E-state index < -0.39 is 51.9 Å². The molecule has 252 valence electrons. The number of hydrogen-bond acceptors (Lipinski definition) is 8. The molecule has 0 aliphatic heterocycles. The Kier molecular flexibility index (Phi) is 9.56. The number of rotatable bonds is 10. The Bertz CT molecular complexity index is 1320. The first-order valence-electron chi connectivity index (χ1n) is 16.3. The first kappa shape index (κ1) is 35.3. The maximum atomic E-state index is 14.5. The Morgan fingerprint density at radius 1 is 1.16 bits per heavy atom. The number of ketones is 2. The van der Waals surface area contributed by atoms with Crippen molar-refractivity contribution in [1.82, 2.24) is 5.32 Å². The molecule has 0 amide bonds. The average molecular weight is 631 g/mol. The van der Waals surface area contributed by atoms with Crippen molar-refractivity contribution in [2.45, 2.75) is 98.4 Å².